The summed E-state index contributed by atoms with van der Waals surface area (Å²) in [6.45, 7) is 8.34. The molecule has 1 saturated heterocycles. The molecule has 1 N–H and O–H groups in total. The molecule has 1 heterocycles. The third kappa shape index (κ3) is 1.05. The second-order valence-corrected chi connectivity index (χ2v) is 4.25. The average molecular weight is 177 g/mol. The Morgan fingerprint density at radius 3 is 2.77 bits per heavy atom. The van der Waals surface area contributed by atoms with Crippen LogP contribution in [0, 0.1) is 11.8 Å². The van der Waals surface area contributed by atoms with Gasteiger partial charge in [-0.1, -0.05) is 38.2 Å². The summed E-state index contributed by atoms with van der Waals surface area (Å²) in [5, 5.41) is 2.99. The highest BCUT2D eigenvalue weighted by atomic mass is 16.2. The Balaban J connectivity index is 2.28. The minimum absolute atomic E-state index is 0.0578. The van der Waals surface area contributed by atoms with E-state index < -0.39 is 0 Å². The maximum Gasteiger partial charge on any atom is 0.223 e. The van der Waals surface area contributed by atoms with Gasteiger partial charge in [-0.15, -0.1) is 0 Å². The molecule has 1 spiro atoms. The van der Waals surface area contributed by atoms with Gasteiger partial charge in [0.25, 0.3) is 0 Å². The Hall–Kier alpha value is -1.05. The van der Waals surface area contributed by atoms with Gasteiger partial charge in [-0.25, -0.2) is 0 Å². The number of amides is 1. The van der Waals surface area contributed by atoms with Crippen molar-refractivity contribution in [3.05, 3.63) is 24.3 Å². The standard InChI is InChI=1S/C11H15NO/c1-7-4-5-11(6-10(13)12-11)9(3)8(7)2/h4-5,8-9H,1,6H2,2-3H3,(H,12,13). The Morgan fingerprint density at radius 2 is 2.23 bits per heavy atom. The highest BCUT2D eigenvalue weighted by Crippen LogP contribution is 2.41. The van der Waals surface area contributed by atoms with Crippen molar-refractivity contribution < 1.29 is 4.79 Å². The predicted molar refractivity (Wildman–Crippen MR) is 52.1 cm³/mol. The molecule has 0 radical (unpaired) electrons. The van der Waals surface area contributed by atoms with Crippen LogP contribution in [-0.2, 0) is 4.79 Å². The summed E-state index contributed by atoms with van der Waals surface area (Å²) >= 11 is 0. The lowest BCUT2D eigenvalue weighted by Crippen LogP contribution is -2.65. The molecule has 0 aromatic carbocycles. The van der Waals surface area contributed by atoms with Crippen molar-refractivity contribution in [2.45, 2.75) is 25.8 Å². The number of nitrogens with one attached hydrogen (secondary N) is 1. The van der Waals surface area contributed by atoms with Gasteiger partial charge in [0.1, 0.15) is 0 Å². The molecular weight excluding hydrogens is 162 g/mol. The molecule has 13 heavy (non-hydrogen) atoms. The zero-order chi connectivity index (χ0) is 9.64. The maximum absolute atomic E-state index is 10.9. The van der Waals surface area contributed by atoms with E-state index >= 15 is 0 Å². The molecule has 0 bridgehead atoms. The van der Waals surface area contributed by atoms with Crippen LogP contribution < -0.4 is 5.32 Å². The molecule has 1 aliphatic carbocycles. The molecule has 2 aliphatic rings. The second-order valence-electron chi connectivity index (χ2n) is 4.25. The maximum atomic E-state index is 10.9. The summed E-state index contributed by atoms with van der Waals surface area (Å²) in [4.78, 5) is 10.9. The zero-order valence-corrected chi connectivity index (χ0v) is 8.13. The van der Waals surface area contributed by atoms with E-state index in [-0.39, 0.29) is 11.4 Å². The molecule has 0 aromatic heterocycles. The van der Waals surface area contributed by atoms with Gasteiger partial charge in [0.15, 0.2) is 0 Å². The van der Waals surface area contributed by atoms with E-state index in [0.717, 1.165) is 0 Å². The molecule has 2 rings (SSSR count). The fraction of sp³-hybridized carbons (Fsp3) is 0.545. The number of carbonyl (C=O) groups is 1. The fourth-order valence-electron chi connectivity index (χ4n) is 2.21. The predicted octanol–water partition coefficient (Wildman–Crippen LogP) is 1.64. The number of hydrogen-bond donors (Lipinski definition) is 1. The number of carbonyl (C=O) groups excluding carboxylic acids is 1. The summed E-state index contributed by atoms with van der Waals surface area (Å²) in [5.41, 5.74) is 1.11. The van der Waals surface area contributed by atoms with E-state index in [9.17, 15) is 4.79 Å². The molecular formula is C11H15NO. The van der Waals surface area contributed by atoms with E-state index in [0.29, 0.717) is 18.3 Å². The Kier molecular flexibility index (Phi) is 1.62. The fourth-order valence-corrected chi connectivity index (χ4v) is 2.21. The summed E-state index contributed by atoms with van der Waals surface area (Å²) in [6, 6.07) is 0. The summed E-state index contributed by atoms with van der Waals surface area (Å²) in [5.74, 6) is 1.09. The molecule has 3 atom stereocenters. The van der Waals surface area contributed by atoms with Gasteiger partial charge in [0.05, 0.1) is 12.0 Å². The first-order valence-electron chi connectivity index (χ1n) is 4.74. The number of β-lactam (4-membered cyclic amide) rings is 1. The second kappa shape index (κ2) is 2.47. The van der Waals surface area contributed by atoms with Gasteiger partial charge in [0.2, 0.25) is 5.91 Å². The van der Waals surface area contributed by atoms with Crippen molar-refractivity contribution in [2.24, 2.45) is 11.8 Å². The molecule has 1 aliphatic heterocycles. The first-order valence-corrected chi connectivity index (χ1v) is 4.74. The molecule has 3 unspecified atom stereocenters. The minimum Gasteiger partial charge on any atom is -0.346 e. The average Bonchev–Trinajstić information content (AvgIpc) is 2.05. The summed E-state index contributed by atoms with van der Waals surface area (Å²) < 4.78 is 0. The molecule has 1 fully saturated rings. The van der Waals surface area contributed by atoms with Crippen LogP contribution in [0.4, 0.5) is 0 Å². The number of rotatable bonds is 0. The lowest BCUT2D eigenvalue weighted by atomic mass is 9.66. The van der Waals surface area contributed by atoms with Crippen LogP contribution in [0.15, 0.2) is 24.3 Å². The third-order valence-electron chi connectivity index (χ3n) is 3.57. The van der Waals surface area contributed by atoms with E-state index in [1.54, 1.807) is 0 Å². The smallest absolute Gasteiger partial charge is 0.223 e. The SMILES string of the molecule is C=C1C=CC2(CC(=O)N2)C(C)C1C. The van der Waals surface area contributed by atoms with Crippen LogP contribution in [0.2, 0.25) is 0 Å². The van der Waals surface area contributed by atoms with Crippen LogP contribution in [0.3, 0.4) is 0 Å². The minimum atomic E-state index is -0.0578. The van der Waals surface area contributed by atoms with E-state index in [1.165, 1.54) is 5.57 Å². The lowest BCUT2D eigenvalue weighted by molar-refractivity contribution is -0.133. The van der Waals surface area contributed by atoms with Gasteiger partial charge in [-0.2, -0.15) is 0 Å². The van der Waals surface area contributed by atoms with Crippen molar-refractivity contribution in [2.75, 3.05) is 0 Å². The summed E-state index contributed by atoms with van der Waals surface area (Å²) in [6.07, 6.45) is 4.79. The van der Waals surface area contributed by atoms with Crippen LogP contribution in [0.5, 0.6) is 0 Å². The van der Waals surface area contributed by atoms with E-state index in [2.05, 4.69) is 31.8 Å². The van der Waals surface area contributed by atoms with Crippen LogP contribution in [0.1, 0.15) is 20.3 Å². The van der Waals surface area contributed by atoms with Crippen LogP contribution in [0.25, 0.3) is 0 Å². The Labute approximate surface area is 78.7 Å². The van der Waals surface area contributed by atoms with Crippen molar-refractivity contribution in [1.82, 2.24) is 5.32 Å². The third-order valence-corrected chi connectivity index (χ3v) is 3.57. The van der Waals surface area contributed by atoms with Crippen molar-refractivity contribution in [1.29, 1.82) is 0 Å². The number of allylic oxidation sites excluding steroid dienone is 2. The van der Waals surface area contributed by atoms with Gasteiger partial charge in [0, 0.05) is 0 Å². The highest BCUT2D eigenvalue weighted by molar-refractivity contribution is 5.86. The van der Waals surface area contributed by atoms with E-state index in [1.807, 2.05) is 6.08 Å². The van der Waals surface area contributed by atoms with Crippen molar-refractivity contribution in [3.8, 4) is 0 Å². The van der Waals surface area contributed by atoms with Crippen LogP contribution >= 0.6 is 0 Å². The molecule has 0 aromatic rings. The first-order chi connectivity index (χ1) is 6.05. The van der Waals surface area contributed by atoms with Crippen molar-refractivity contribution >= 4 is 5.91 Å². The molecule has 70 valence electrons. The normalized spacial score (nSPS) is 43.2. The largest absolute Gasteiger partial charge is 0.346 e. The Bertz CT molecular complexity index is 295. The van der Waals surface area contributed by atoms with Gasteiger partial charge < -0.3 is 5.32 Å². The van der Waals surface area contributed by atoms with Gasteiger partial charge in [-0.3, -0.25) is 4.79 Å². The van der Waals surface area contributed by atoms with E-state index in [4.69, 9.17) is 0 Å². The van der Waals surface area contributed by atoms with Crippen molar-refractivity contribution in [3.63, 3.8) is 0 Å². The quantitative estimate of drug-likeness (QED) is 0.560. The number of hydrogen-bond acceptors (Lipinski definition) is 1. The molecule has 1 amide bonds. The van der Waals surface area contributed by atoms with Gasteiger partial charge in [-0.05, 0) is 11.8 Å². The monoisotopic (exact) mass is 177 g/mol. The topological polar surface area (TPSA) is 29.1 Å². The first kappa shape index (κ1) is 8.54. The zero-order valence-electron chi connectivity index (χ0n) is 8.13. The Morgan fingerprint density at radius 1 is 1.62 bits per heavy atom. The van der Waals surface area contributed by atoms with Crippen LogP contribution in [-0.4, -0.2) is 11.4 Å². The molecule has 2 nitrogen and oxygen atoms in total. The van der Waals surface area contributed by atoms with Gasteiger partial charge >= 0.3 is 0 Å². The summed E-state index contributed by atoms with van der Waals surface area (Å²) in [7, 11) is 0. The lowest BCUT2D eigenvalue weighted by Gasteiger charge is -2.49. The molecule has 2 heteroatoms. The highest BCUT2D eigenvalue weighted by Gasteiger charge is 2.48. The molecule has 0 saturated carbocycles.